The first-order valence-electron chi connectivity index (χ1n) is 13.0. The Bertz CT molecular complexity index is 1340. The van der Waals surface area contributed by atoms with E-state index in [4.69, 9.17) is 21.1 Å². The number of sulfonamides is 1. The van der Waals surface area contributed by atoms with Gasteiger partial charge in [0.2, 0.25) is 0 Å². The summed E-state index contributed by atoms with van der Waals surface area (Å²) >= 11 is 6.28. The number of carbonyl (C=O) groups is 1. The fraction of sp³-hybridized carbons (Fsp3) is 0.538. The van der Waals surface area contributed by atoms with E-state index in [1.165, 1.54) is 6.07 Å². The Labute approximate surface area is 226 Å². The predicted octanol–water partition coefficient (Wildman–Crippen LogP) is 2.34. The molecule has 0 radical (unpaired) electrons. The number of hydrogen-bond acceptors (Lipinski definition) is 9. The molecule has 1 aromatic carbocycles. The lowest BCUT2D eigenvalue weighted by atomic mass is 9.75. The van der Waals surface area contributed by atoms with Crippen LogP contribution in [0.4, 0.5) is 11.5 Å². The fourth-order valence-corrected chi connectivity index (χ4v) is 6.74. The molecule has 204 valence electrons. The van der Waals surface area contributed by atoms with Crippen molar-refractivity contribution in [3.8, 4) is 5.75 Å². The van der Waals surface area contributed by atoms with Crippen LogP contribution in [0.25, 0.3) is 0 Å². The van der Waals surface area contributed by atoms with Crippen LogP contribution >= 0.6 is 11.6 Å². The molecule has 6 rings (SSSR count). The standard InChI is InChI=1S/C26H31ClN4O6S/c27-18-5-6-20(31-15-25(16-31)8-2-12-36-17-25)21(13-18)37-26(9-10-26)24(33)29-38(34,35)23-4-1-3-22(28-23)30-11-7-19(32)14-30/h1,3-6,13,19,32H,2,7-12,14-17H2,(H,29,33)/t19-/m0/s1. The Kier molecular flexibility index (Phi) is 6.45. The van der Waals surface area contributed by atoms with Gasteiger partial charge in [-0.2, -0.15) is 8.42 Å². The highest BCUT2D eigenvalue weighted by atomic mass is 35.5. The molecule has 12 heteroatoms. The maximum Gasteiger partial charge on any atom is 0.281 e. The zero-order valence-corrected chi connectivity index (χ0v) is 22.5. The van der Waals surface area contributed by atoms with E-state index in [9.17, 15) is 18.3 Å². The minimum absolute atomic E-state index is 0.145. The Morgan fingerprint density at radius 2 is 2.00 bits per heavy atom. The lowest BCUT2D eigenvalue weighted by Gasteiger charge is -2.53. The number of pyridine rings is 1. The maximum atomic E-state index is 13.2. The molecule has 4 fully saturated rings. The Hall–Kier alpha value is -2.60. The second-order valence-corrected chi connectivity index (χ2v) is 12.9. The summed E-state index contributed by atoms with van der Waals surface area (Å²) in [4.78, 5) is 21.5. The number of aliphatic hydroxyl groups is 1. The third-order valence-corrected chi connectivity index (χ3v) is 9.31. The number of anilines is 2. The van der Waals surface area contributed by atoms with Gasteiger partial charge in [-0.05, 0) is 43.5 Å². The first kappa shape index (κ1) is 25.7. The van der Waals surface area contributed by atoms with Crippen molar-refractivity contribution in [2.45, 2.75) is 48.8 Å². The van der Waals surface area contributed by atoms with E-state index in [0.717, 1.165) is 44.8 Å². The summed E-state index contributed by atoms with van der Waals surface area (Å²) in [5.74, 6) is 0.170. The summed E-state index contributed by atoms with van der Waals surface area (Å²) in [6.07, 6.45) is 3.05. The first-order chi connectivity index (χ1) is 18.2. The molecule has 1 amide bonds. The van der Waals surface area contributed by atoms with Crippen molar-refractivity contribution in [1.82, 2.24) is 9.71 Å². The van der Waals surface area contributed by atoms with Crippen LogP contribution in [0, 0.1) is 5.41 Å². The number of rotatable bonds is 7. The van der Waals surface area contributed by atoms with E-state index >= 15 is 0 Å². The second kappa shape index (κ2) is 9.55. The molecule has 1 aromatic heterocycles. The minimum atomic E-state index is -4.24. The van der Waals surface area contributed by atoms with Crippen molar-refractivity contribution in [1.29, 1.82) is 0 Å². The smallest absolute Gasteiger partial charge is 0.281 e. The van der Waals surface area contributed by atoms with E-state index in [1.807, 2.05) is 11.0 Å². The zero-order valence-electron chi connectivity index (χ0n) is 20.9. The molecule has 1 atom stereocenters. The number of ether oxygens (including phenoxy) is 2. The highest BCUT2D eigenvalue weighted by Crippen LogP contribution is 2.48. The predicted molar refractivity (Wildman–Crippen MR) is 141 cm³/mol. The molecule has 1 aliphatic carbocycles. The second-order valence-electron chi connectivity index (χ2n) is 10.9. The first-order valence-corrected chi connectivity index (χ1v) is 14.8. The normalized spacial score (nSPS) is 23.7. The Morgan fingerprint density at radius 1 is 1.18 bits per heavy atom. The van der Waals surface area contributed by atoms with Gasteiger partial charge in [-0.3, -0.25) is 4.79 Å². The molecular formula is C26H31ClN4O6S. The molecule has 3 aliphatic heterocycles. The number of hydrogen-bond donors (Lipinski definition) is 2. The van der Waals surface area contributed by atoms with Gasteiger partial charge in [0.1, 0.15) is 11.6 Å². The third-order valence-electron chi connectivity index (χ3n) is 7.84. The highest BCUT2D eigenvalue weighted by Gasteiger charge is 2.55. The van der Waals surface area contributed by atoms with Crippen molar-refractivity contribution in [2.75, 3.05) is 49.2 Å². The largest absolute Gasteiger partial charge is 0.475 e. The van der Waals surface area contributed by atoms with E-state index in [-0.39, 0.29) is 10.4 Å². The van der Waals surface area contributed by atoms with Gasteiger partial charge in [0, 0.05) is 62.1 Å². The molecular weight excluding hydrogens is 532 g/mol. The van der Waals surface area contributed by atoms with Crippen molar-refractivity contribution in [3.05, 3.63) is 41.4 Å². The summed E-state index contributed by atoms with van der Waals surface area (Å²) in [6, 6.07) is 9.94. The lowest BCUT2D eigenvalue weighted by molar-refractivity contribution is -0.127. The number of amides is 1. The monoisotopic (exact) mass is 562 g/mol. The topological polar surface area (TPSA) is 121 Å². The Morgan fingerprint density at radius 3 is 2.68 bits per heavy atom. The summed E-state index contributed by atoms with van der Waals surface area (Å²) < 4.78 is 40.3. The average Bonchev–Trinajstić information content (AvgIpc) is 3.54. The van der Waals surface area contributed by atoms with Crippen molar-refractivity contribution < 1.29 is 27.8 Å². The van der Waals surface area contributed by atoms with E-state index in [1.54, 1.807) is 24.3 Å². The molecule has 2 aromatic rings. The number of aromatic nitrogens is 1. The Balaban J connectivity index is 1.17. The third kappa shape index (κ3) is 4.92. The van der Waals surface area contributed by atoms with Crippen LogP contribution in [0.15, 0.2) is 41.4 Å². The molecule has 1 spiro atoms. The summed E-state index contributed by atoms with van der Waals surface area (Å²) in [5, 5.41) is 10.0. The quantitative estimate of drug-likeness (QED) is 0.523. The van der Waals surface area contributed by atoms with Crippen molar-refractivity contribution >= 4 is 39.0 Å². The molecule has 2 N–H and O–H groups in total. The SMILES string of the molecule is O=C(NS(=O)(=O)c1cccc(N2CC[C@H](O)C2)n1)C1(Oc2cc(Cl)ccc2N2CC3(CCCOC3)C2)CC1. The molecule has 1 saturated carbocycles. The maximum absolute atomic E-state index is 13.2. The number of β-amino-alcohol motifs (C(OH)–C–C–N with tert-alkyl or cyclic N) is 1. The van der Waals surface area contributed by atoms with Crippen molar-refractivity contribution in [2.24, 2.45) is 5.41 Å². The molecule has 0 unspecified atom stereocenters. The van der Waals surface area contributed by atoms with E-state index in [0.29, 0.717) is 48.9 Å². The highest BCUT2D eigenvalue weighted by molar-refractivity contribution is 7.90. The van der Waals surface area contributed by atoms with Gasteiger partial charge >= 0.3 is 0 Å². The number of benzene rings is 1. The van der Waals surface area contributed by atoms with E-state index in [2.05, 4.69) is 14.6 Å². The van der Waals surface area contributed by atoms with Crippen LogP contribution < -0.4 is 19.3 Å². The number of nitrogens with one attached hydrogen (secondary N) is 1. The van der Waals surface area contributed by atoms with Gasteiger partial charge in [-0.1, -0.05) is 17.7 Å². The summed E-state index contributed by atoms with van der Waals surface area (Å²) in [7, 11) is -4.24. The average molecular weight is 563 g/mol. The van der Waals surface area contributed by atoms with Crippen LogP contribution in [0.1, 0.15) is 32.1 Å². The van der Waals surface area contributed by atoms with Gasteiger partial charge in [0.25, 0.3) is 15.9 Å². The van der Waals surface area contributed by atoms with Crippen LogP contribution in [-0.2, 0) is 19.6 Å². The van der Waals surface area contributed by atoms with Crippen LogP contribution in [0.5, 0.6) is 5.75 Å². The lowest BCUT2D eigenvalue weighted by Crippen LogP contribution is -2.60. The summed E-state index contributed by atoms with van der Waals surface area (Å²) in [6.45, 7) is 4.16. The van der Waals surface area contributed by atoms with Gasteiger partial charge in [0.05, 0.1) is 18.4 Å². The molecule has 10 nitrogen and oxygen atoms in total. The van der Waals surface area contributed by atoms with Crippen LogP contribution in [0.2, 0.25) is 5.02 Å². The molecule has 3 saturated heterocycles. The van der Waals surface area contributed by atoms with Gasteiger partial charge < -0.3 is 24.4 Å². The molecule has 0 bridgehead atoms. The van der Waals surface area contributed by atoms with Gasteiger partial charge in [0.15, 0.2) is 10.6 Å². The molecule has 38 heavy (non-hydrogen) atoms. The van der Waals surface area contributed by atoms with Crippen LogP contribution in [-0.4, -0.2) is 75.5 Å². The summed E-state index contributed by atoms with van der Waals surface area (Å²) in [5.41, 5.74) is -0.318. The number of carbonyl (C=O) groups excluding carboxylic acids is 1. The number of halogens is 1. The number of aliphatic hydroxyl groups excluding tert-OH is 1. The number of nitrogens with zero attached hydrogens (tertiary/aromatic N) is 3. The minimum Gasteiger partial charge on any atom is -0.475 e. The van der Waals surface area contributed by atoms with E-state index < -0.39 is 27.6 Å². The van der Waals surface area contributed by atoms with Crippen molar-refractivity contribution in [3.63, 3.8) is 0 Å². The fourth-order valence-electron chi connectivity index (χ4n) is 5.57. The van der Waals surface area contributed by atoms with Gasteiger partial charge in [-0.15, -0.1) is 0 Å². The van der Waals surface area contributed by atoms with Crippen LogP contribution in [0.3, 0.4) is 0 Å². The zero-order chi connectivity index (χ0) is 26.5. The molecule has 4 heterocycles. The molecule has 4 aliphatic rings. The van der Waals surface area contributed by atoms with Gasteiger partial charge in [-0.25, -0.2) is 9.71 Å².